The fourth-order valence-electron chi connectivity index (χ4n) is 4.04. The lowest BCUT2D eigenvalue weighted by molar-refractivity contribution is -0.117. The van der Waals surface area contributed by atoms with Gasteiger partial charge in [-0.3, -0.25) is 9.59 Å². The van der Waals surface area contributed by atoms with E-state index in [-0.39, 0.29) is 5.70 Å². The maximum atomic E-state index is 13.2. The number of aromatic amines is 1. The third kappa shape index (κ3) is 5.92. The van der Waals surface area contributed by atoms with Crippen LogP contribution in [0.5, 0.6) is 17.2 Å². The first kappa shape index (κ1) is 25.4. The van der Waals surface area contributed by atoms with Crippen molar-refractivity contribution >= 4 is 28.8 Å². The van der Waals surface area contributed by atoms with Gasteiger partial charge in [0, 0.05) is 29.2 Å². The van der Waals surface area contributed by atoms with Crippen molar-refractivity contribution in [1.82, 2.24) is 15.6 Å². The zero-order chi connectivity index (χ0) is 26.2. The fourth-order valence-corrected chi connectivity index (χ4v) is 4.04. The molecule has 0 radical (unpaired) electrons. The molecule has 4 aromatic rings. The molecule has 3 aromatic carbocycles. The number of aromatic nitrogens is 1. The number of fused-ring (bicyclic) bond motifs is 1. The normalized spacial score (nSPS) is 11.2. The minimum absolute atomic E-state index is 0.0852. The van der Waals surface area contributed by atoms with Crippen molar-refractivity contribution in [3.05, 3.63) is 95.3 Å². The van der Waals surface area contributed by atoms with Crippen molar-refractivity contribution in [3.8, 4) is 17.2 Å². The summed E-state index contributed by atoms with van der Waals surface area (Å²) in [6.07, 6.45) is 4.15. The van der Waals surface area contributed by atoms with Crippen molar-refractivity contribution in [3.63, 3.8) is 0 Å². The van der Waals surface area contributed by atoms with Gasteiger partial charge in [-0.05, 0) is 54.0 Å². The van der Waals surface area contributed by atoms with Crippen LogP contribution in [0, 0.1) is 0 Å². The Balaban J connectivity index is 1.59. The van der Waals surface area contributed by atoms with Gasteiger partial charge < -0.3 is 29.8 Å². The summed E-state index contributed by atoms with van der Waals surface area (Å²) >= 11 is 0. The molecule has 190 valence electrons. The van der Waals surface area contributed by atoms with E-state index in [0.29, 0.717) is 41.3 Å². The molecule has 0 atom stereocenters. The van der Waals surface area contributed by atoms with E-state index in [0.717, 1.165) is 16.5 Å². The van der Waals surface area contributed by atoms with Gasteiger partial charge >= 0.3 is 0 Å². The number of amides is 2. The lowest BCUT2D eigenvalue weighted by atomic mass is 10.1. The lowest BCUT2D eigenvalue weighted by Gasteiger charge is -2.14. The monoisotopic (exact) mass is 499 g/mol. The molecule has 37 heavy (non-hydrogen) atoms. The maximum absolute atomic E-state index is 13.2. The molecule has 8 nitrogen and oxygen atoms in total. The predicted molar refractivity (Wildman–Crippen MR) is 143 cm³/mol. The number of H-pyrrole nitrogens is 1. The van der Waals surface area contributed by atoms with Crippen molar-refractivity contribution < 1.29 is 23.8 Å². The van der Waals surface area contributed by atoms with Crippen molar-refractivity contribution in [2.75, 3.05) is 27.9 Å². The highest BCUT2D eigenvalue weighted by molar-refractivity contribution is 6.05. The Morgan fingerprint density at radius 3 is 2.24 bits per heavy atom. The molecule has 0 fully saturated rings. The smallest absolute Gasteiger partial charge is 0.267 e. The Morgan fingerprint density at radius 2 is 1.57 bits per heavy atom. The van der Waals surface area contributed by atoms with E-state index in [1.165, 1.54) is 21.3 Å². The Morgan fingerprint density at radius 1 is 0.892 bits per heavy atom. The van der Waals surface area contributed by atoms with Gasteiger partial charge in [-0.15, -0.1) is 0 Å². The number of carbonyl (C=O) groups is 2. The summed E-state index contributed by atoms with van der Waals surface area (Å²) in [7, 11) is 4.54. The third-order valence-electron chi connectivity index (χ3n) is 5.88. The largest absolute Gasteiger partial charge is 0.493 e. The van der Waals surface area contributed by atoms with Gasteiger partial charge in [0.05, 0.1) is 21.3 Å². The highest BCUT2D eigenvalue weighted by Crippen LogP contribution is 2.38. The van der Waals surface area contributed by atoms with E-state index in [9.17, 15) is 9.59 Å². The Labute approximate surface area is 215 Å². The predicted octanol–water partition coefficient (Wildman–Crippen LogP) is 4.32. The first-order valence-corrected chi connectivity index (χ1v) is 11.7. The van der Waals surface area contributed by atoms with Crippen LogP contribution in [0.2, 0.25) is 0 Å². The summed E-state index contributed by atoms with van der Waals surface area (Å²) in [5.41, 5.74) is 3.25. The van der Waals surface area contributed by atoms with Gasteiger partial charge in [0.25, 0.3) is 11.8 Å². The highest BCUT2D eigenvalue weighted by Gasteiger charge is 2.17. The molecule has 0 aliphatic rings. The van der Waals surface area contributed by atoms with Crippen LogP contribution in [-0.4, -0.2) is 44.7 Å². The summed E-state index contributed by atoms with van der Waals surface area (Å²) < 4.78 is 16.2. The molecular weight excluding hydrogens is 470 g/mol. The molecule has 1 aromatic heterocycles. The molecule has 2 amide bonds. The minimum atomic E-state index is -0.419. The van der Waals surface area contributed by atoms with Crippen LogP contribution in [0.25, 0.3) is 17.0 Å². The maximum Gasteiger partial charge on any atom is 0.267 e. The molecule has 0 aliphatic carbocycles. The van der Waals surface area contributed by atoms with Gasteiger partial charge in [-0.25, -0.2) is 0 Å². The Bertz CT molecular complexity index is 1400. The van der Waals surface area contributed by atoms with Crippen molar-refractivity contribution in [1.29, 1.82) is 0 Å². The van der Waals surface area contributed by atoms with Crippen LogP contribution in [0.1, 0.15) is 21.5 Å². The quantitative estimate of drug-likeness (QED) is 0.282. The highest BCUT2D eigenvalue weighted by atomic mass is 16.5. The summed E-state index contributed by atoms with van der Waals surface area (Å²) in [4.78, 5) is 29.4. The summed E-state index contributed by atoms with van der Waals surface area (Å²) in [6.45, 7) is 0.383. The van der Waals surface area contributed by atoms with E-state index < -0.39 is 11.8 Å². The third-order valence-corrected chi connectivity index (χ3v) is 5.88. The molecule has 1 heterocycles. The molecule has 0 spiro atoms. The standard InChI is InChI=1S/C29H29N3O5/c1-35-25-16-19(17-26(36-2)27(25)37-3)15-24(32-28(33)20-9-5-4-6-10-20)29(34)30-14-13-21-18-31-23-12-8-7-11-22(21)23/h4-12,15-18,31H,13-14H2,1-3H3,(H,30,34)(H,32,33)/b24-15-. The van der Waals surface area contributed by atoms with Crippen LogP contribution in [-0.2, 0) is 11.2 Å². The summed E-state index contributed by atoms with van der Waals surface area (Å²) in [6, 6.07) is 20.1. The average molecular weight is 500 g/mol. The zero-order valence-electron chi connectivity index (χ0n) is 21.0. The van der Waals surface area contributed by atoms with E-state index in [1.54, 1.807) is 42.5 Å². The molecule has 0 saturated carbocycles. The van der Waals surface area contributed by atoms with E-state index in [2.05, 4.69) is 15.6 Å². The Kier molecular flexibility index (Phi) is 8.10. The molecule has 3 N–H and O–H groups in total. The molecule has 0 saturated heterocycles. The van der Waals surface area contributed by atoms with Crippen LogP contribution in [0.15, 0.2) is 78.6 Å². The van der Waals surface area contributed by atoms with Gasteiger partial charge in [0.1, 0.15) is 5.70 Å². The number of methoxy groups -OCH3 is 3. The molecule has 0 unspecified atom stereocenters. The fraction of sp³-hybridized carbons (Fsp3) is 0.172. The topological polar surface area (TPSA) is 102 Å². The molecule has 0 aliphatic heterocycles. The van der Waals surface area contributed by atoms with Gasteiger partial charge in [0.15, 0.2) is 11.5 Å². The minimum Gasteiger partial charge on any atom is -0.493 e. The number of rotatable bonds is 10. The van der Waals surface area contributed by atoms with Gasteiger partial charge in [-0.2, -0.15) is 0 Å². The second-order valence-electron chi connectivity index (χ2n) is 8.20. The molecular formula is C29H29N3O5. The average Bonchev–Trinajstić information content (AvgIpc) is 3.35. The molecule has 4 rings (SSSR count). The van der Waals surface area contributed by atoms with Crippen LogP contribution < -0.4 is 24.8 Å². The number of carbonyl (C=O) groups excluding carboxylic acids is 2. The lowest BCUT2D eigenvalue weighted by Crippen LogP contribution is -2.35. The van der Waals surface area contributed by atoms with Crippen LogP contribution in [0.4, 0.5) is 0 Å². The van der Waals surface area contributed by atoms with Gasteiger partial charge in [0.2, 0.25) is 5.75 Å². The molecule has 0 bridgehead atoms. The van der Waals surface area contributed by atoms with Crippen molar-refractivity contribution in [2.24, 2.45) is 0 Å². The van der Waals surface area contributed by atoms with Crippen LogP contribution in [0.3, 0.4) is 0 Å². The summed E-state index contributed by atoms with van der Waals surface area (Å²) in [5, 5.41) is 6.78. The first-order valence-electron chi connectivity index (χ1n) is 11.7. The number of benzene rings is 3. The van der Waals surface area contributed by atoms with Gasteiger partial charge in [-0.1, -0.05) is 36.4 Å². The SMILES string of the molecule is COc1cc(/C=C(\NC(=O)c2ccccc2)C(=O)NCCc2c[nH]c3ccccc23)cc(OC)c1OC. The first-order chi connectivity index (χ1) is 18.0. The second kappa shape index (κ2) is 11.8. The second-order valence-corrected chi connectivity index (χ2v) is 8.20. The van der Waals surface area contributed by atoms with E-state index >= 15 is 0 Å². The van der Waals surface area contributed by atoms with E-state index in [4.69, 9.17) is 14.2 Å². The van der Waals surface area contributed by atoms with Crippen LogP contribution >= 0.6 is 0 Å². The number of hydrogen-bond donors (Lipinski definition) is 3. The number of hydrogen-bond acceptors (Lipinski definition) is 5. The van der Waals surface area contributed by atoms with E-state index in [1.807, 2.05) is 36.5 Å². The zero-order valence-corrected chi connectivity index (χ0v) is 21.0. The molecule has 8 heteroatoms. The van der Waals surface area contributed by atoms with Crippen molar-refractivity contribution in [2.45, 2.75) is 6.42 Å². The Hall–Kier alpha value is -4.72. The number of nitrogens with one attached hydrogen (secondary N) is 3. The number of para-hydroxylation sites is 1. The number of ether oxygens (including phenoxy) is 3. The summed E-state index contributed by atoms with van der Waals surface area (Å²) in [5.74, 6) is 0.479.